The number of halogens is 1. The molecule has 4 atom stereocenters. The van der Waals surface area contributed by atoms with Gasteiger partial charge in [0.15, 0.2) is 0 Å². The summed E-state index contributed by atoms with van der Waals surface area (Å²) in [5.74, 6) is 0.190. The summed E-state index contributed by atoms with van der Waals surface area (Å²) in [4.78, 5) is 12.5. The molecule has 1 aromatic heterocycles. The van der Waals surface area contributed by atoms with Gasteiger partial charge >= 0.3 is 5.97 Å². The van der Waals surface area contributed by atoms with E-state index in [1.54, 1.807) is 6.07 Å². The van der Waals surface area contributed by atoms with E-state index in [0.29, 0.717) is 17.9 Å². The first-order chi connectivity index (χ1) is 14.0. The second-order valence-corrected chi connectivity index (χ2v) is 9.55. The van der Waals surface area contributed by atoms with Gasteiger partial charge in [0, 0.05) is 16.2 Å². The minimum absolute atomic E-state index is 0.0187. The minimum Gasteiger partial charge on any atom is -0.493 e. The fourth-order valence-corrected chi connectivity index (χ4v) is 5.56. The quantitative estimate of drug-likeness (QED) is 0.489. The highest BCUT2D eigenvalue weighted by Crippen LogP contribution is 2.39. The molecule has 158 valence electrons. The minimum atomic E-state index is -0.874. The lowest BCUT2D eigenvalue weighted by atomic mass is 9.90. The fraction of sp³-hybridized carbons (Fsp3) is 0.522. The third kappa shape index (κ3) is 5.97. The van der Waals surface area contributed by atoms with Gasteiger partial charge in [-0.15, -0.1) is 22.9 Å². The summed E-state index contributed by atoms with van der Waals surface area (Å²) in [6.45, 7) is 2.62. The van der Waals surface area contributed by atoms with Crippen molar-refractivity contribution in [3.63, 3.8) is 0 Å². The second-order valence-electron chi connectivity index (χ2n) is 7.82. The van der Waals surface area contributed by atoms with E-state index in [2.05, 4.69) is 19.1 Å². The number of carboxylic acids is 1. The molecule has 1 aliphatic rings. The summed E-state index contributed by atoms with van der Waals surface area (Å²) >= 11 is 7.88. The van der Waals surface area contributed by atoms with Crippen LogP contribution in [0.2, 0.25) is 0 Å². The SMILES string of the molecule is CCCc1cccc(OC[C@@H]2[C@@H](CCCc3ccc(C(=O)O)s3)[C@@H](Cl)C[C@H]2O)c1. The van der Waals surface area contributed by atoms with Crippen LogP contribution in [0.5, 0.6) is 5.75 Å². The first-order valence-corrected chi connectivity index (χ1v) is 11.6. The number of alkyl halides is 1. The Balaban J connectivity index is 1.54. The number of aliphatic hydroxyl groups excluding tert-OH is 1. The molecule has 0 spiro atoms. The third-order valence-corrected chi connectivity index (χ3v) is 7.32. The summed E-state index contributed by atoms with van der Waals surface area (Å²) in [7, 11) is 0. The molecular weight excluding hydrogens is 408 g/mol. The molecule has 1 heterocycles. The van der Waals surface area contributed by atoms with Crippen molar-refractivity contribution in [2.75, 3.05) is 6.61 Å². The van der Waals surface area contributed by atoms with Gasteiger partial charge in [-0.3, -0.25) is 0 Å². The predicted molar refractivity (Wildman–Crippen MR) is 117 cm³/mol. The first kappa shape index (κ1) is 22.1. The van der Waals surface area contributed by atoms with Crippen molar-refractivity contribution in [2.45, 2.75) is 56.9 Å². The van der Waals surface area contributed by atoms with Gasteiger partial charge in [0.25, 0.3) is 0 Å². The lowest BCUT2D eigenvalue weighted by molar-refractivity contribution is 0.0701. The average molecular weight is 437 g/mol. The van der Waals surface area contributed by atoms with Crippen LogP contribution >= 0.6 is 22.9 Å². The molecule has 1 fully saturated rings. The van der Waals surface area contributed by atoms with Crippen LogP contribution in [0, 0.1) is 11.8 Å². The van der Waals surface area contributed by atoms with Gasteiger partial charge in [0.05, 0.1) is 12.7 Å². The molecule has 4 nitrogen and oxygen atoms in total. The summed E-state index contributed by atoms with van der Waals surface area (Å²) < 4.78 is 6.04. The van der Waals surface area contributed by atoms with Crippen molar-refractivity contribution in [3.05, 3.63) is 51.7 Å². The van der Waals surface area contributed by atoms with Crippen LogP contribution in [0.15, 0.2) is 36.4 Å². The van der Waals surface area contributed by atoms with E-state index >= 15 is 0 Å². The molecular formula is C23H29ClO4S. The molecule has 0 saturated heterocycles. The Bertz CT molecular complexity index is 806. The van der Waals surface area contributed by atoms with E-state index in [1.807, 2.05) is 18.2 Å². The molecule has 1 aliphatic carbocycles. The zero-order valence-corrected chi connectivity index (χ0v) is 18.3. The Hall–Kier alpha value is -1.56. The highest BCUT2D eigenvalue weighted by Gasteiger charge is 2.41. The van der Waals surface area contributed by atoms with E-state index < -0.39 is 12.1 Å². The van der Waals surface area contributed by atoms with Crippen molar-refractivity contribution in [1.82, 2.24) is 0 Å². The number of thiophene rings is 1. The maximum atomic E-state index is 11.0. The summed E-state index contributed by atoms with van der Waals surface area (Å²) in [6, 6.07) is 11.7. The van der Waals surface area contributed by atoms with Gasteiger partial charge in [0.2, 0.25) is 0 Å². The Morgan fingerprint density at radius 2 is 2.07 bits per heavy atom. The van der Waals surface area contributed by atoms with Crippen LogP contribution in [-0.4, -0.2) is 34.3 Å². The number of aryl methyl sites for hydroxylation is 2. The number of carbonyl (C=O) groups is 1. The van der Waals surface area contributed by atoms with Gasteiger partial charge < -0.3 is 14.9 Å². The van der Waals surface area contributed by atoms with Crippen LogP contribution in [0.4, 0.5) is 0 Å². The molecule has 1 saturated carbocycles. The van der Waals surface area contributed by atoms with Crippen molar-refractivity contribution in [2.24, 2.45) is 11.8 Å². The molecule has 2 aromatic rings. The largest absolute Gasteiger partial charge is 0.493 e. The molecule has 0 bridgehead atoms. The highest BCUT2D eigenvalue weighted by molar-refractivity contribution is 7.13. The number of hydrogen-bond acceptors (Lipinski definition) is 4. The summed E-state index contributed by atoms with van der Waals surface area (Å²) in [6.07, 6.45) is 4.93. The van der Waals surface area contributed by atoms with Gasteiger partial charge in [0.1, 0.15) is 10.6 Å². The lowest BCUT2D eigenvalue weighted by Gasteiger charge is -2.23. The van der Waals surface area contributed by atoms with Crippen LogP contribution in [0.3, 0.4) is 0 Å². The van der Waals surface area contributed by atoms with Crippen molar-refractivity contribution >= 4 is 28.9 Å². The van der Waals surface area contributed by atoms with Gasteiger partial charge in [-0.2, -0.15) is 0 Å². The van der Waals surface area contributed by atoms with E-state index in [0.717, 1.165) is 42.7 Å². The number of aromatic carboxylic acids is 1. The Morgan fingerprint density at radius 3 is 2.79 bits per heavy atom. The molecule has 0 unspecified atom stereocenters. The van der Waals surface area contributed by atoms with Crippen molar-refractivity contribution in [3.8, 4) is 5.75 Å². The maximum absolute atomic E-state index is 11.0. The van der Waals surface area contributed by atoms with Crippen LogP contribution in [0.25, 0.3) is 0 Å². The fourth-order valence-electron chi connectivity index (χ4n) is 4.17. The molecule has 0 aliphatic heterocycles. The van der Waals surface area contributed by atoms with Crippen molar-refractivity contribution in [1.29, 1.82) is 0 Å². The number of carboxylic acid groups (broad SMARTS) is 1. The highest BCUT2D eigenvalue weighted by atomic mass is 35.5. The van der Waals surface area contributed by atoms with E-state index in [1.165, 1.54) is 16.9 Å². The Kier molecular flexibility index (Phi) is 7.99. The summed E-state index contributed by atoms with van der Waals surface area (Å²) in [5.41, 5.74) is 1.26. The second kappa shape index (κ2) is 10.5. The number of hydrogen-bond donors (Lipinski definition) is 2. The number of aliphatic hydroxyl groups is 1. The number of benzene rings is 1. The predicted octanol–water partition coefficient (Wildman–Crippen LogP) is 5.40. The van der Waals surface area contributed by atoms with E-state index in [-0.39, 0.29) is 17.2 Å². The average Bonchev–Trinajstić information content (AvgIpc) is 3.26. The molecule has 6 heteroatoms. The number of ether oxygens (including phenoxy) is 1. The number of rotatable bonds is 10. The van der Waals surface area contributed by atoms with Gasteiger partial charge in [-0.1, -0.05) is 25.5 Å². The van der Waals surface area contributed by atoms with Crippen LogP contribution in [-0.2, 0) is 12.8 Å². The van der Waals surface area contributed by atoms with E-state index in [4.69, 9.17) is 21.4 Å². The smallest absolute Gasteiger partial charge is 0.345 e. The zero-order valence-electron chi connectivity index (χ0n) is 16.7. The standard InChI is InChI=1S/C23H29ClO4S/c1-2-5-15-6-3-7-16(12-15)28-14-19-18(20(24)13-21(19)25)9-4-8-17-10-11-22(29-17)23(26)27/h3,6-7,10-12,18-21,25H,2,4-5,8-9,13-14H2,1H3,(H,26,27)/t18-,19-,20+,21-/m1/s1. The maximum Gasteiger partial charge on any atom is 0.345 e. The lowest BCUT2D eigenvalue weighted by Crippen LogP contribution is -2.27. The van der Waals surface area contributed by atoms with Gasteiger partial charge in [-0.25, -0.2) is 4.79 Å². The topological polar surface area (TPSA) is 66.8 Å². The van der Waals surface area contributed by atoms with Crippen LogP contribution < -0.4 is 4.74 Å². The molecule has 1 aromatic carbocycles. The monoisotopic (exact) mass is 436 g/mol. The van der Waals surface area contributed by atoms with Crippen molar-refractivity contribution < 1.29 is 19.7 Å². The molecule has 29 heavy (non-hydrogen) atoms. The Labute approximate surface area is 181 Å². The molecule has 2 N–H and O–H groups in total. The third-order valence-electron chi connectivity index (χ3n) is 5.69. The van der Waals surface area contributed by atoms with E-state index in [9.17, 15) is 9.90 Å². The molecule has 0 amide bonds. The van der Waals surface area contributed by atoms with Crippen LogP contribution in [0.1, 0.15) is 52.7 Å². The summed E-state index contributed by atoms with van der Waals surface area (Å²) in [5, 5.41) is 19.5. The van der Waals surface area contributed by atoms with Gasteiger partial charge in [-0.05, 0) is 67.9 Å². The molecule has 0 radical (unpaired) electrons. The first-order valence-electron chi connectivity index (χ1n) is 10.3. The zero-order chi connectivity index (χ0) is 20.8. The normalized spacial score (nSPS) is 24.0. The molecule has 3 rings (SSSR count). The Morgan fingerprint density at radius 1 is 1.24 bits per heavy atom.